The highest BCUT2D eigenvalue weighted by atomic mass is 79.9. The Labute approximate surface area is 119 Å². The fraction of sp³-hybridized carbons (Fsp3) is 0.600. The van der Waals surface area contributed by atoms with E-state index in [0.29, 0.717) is 6.04 Å². The van der Waals surface area contributed by atoms with Crippen LogP contribution >= 0.6 is 15.9 Å². The standard InChI is InChI=1S/C15H23BrN2/c1-11(2)17-10-12-7-8-14(9-15(12)16)18(3)13-5-4-6-13/h7-9,11,13,17H,4-6,10H2,1-3H3. The van der Waals surface area contributed by atoms with Crippen molar-refractivity contribution >= 4 is 21.6 Å². The summed E-state index contributed by atoms with van der Waals surface area (Å²) in [6, 6.07) is 7.98. The Balaban J connectivity index is 2.04. The van der Waals surface area contributed by atoms with Gasteiger partial charge >= 0.3 is 0 Å². The first-order valence-electron chi connectivity index (χ1n) is 6.82. The molecular formula is C15H23BrN2. The maximum Gasteiger partial charge on any atom is 0.0377 e. The summed E-state index contributed by atoms with van der Waals surface area (Å²) >= 11 is 3.69. The summed E-state index contributed by atoms with van der Waals surface area (Å²) in [5.74, 6) is 0. The molecule has 1 aliphatic carbocycles. The predicted molar refractivity (Wildman–Crippen MR) is 82.2 cm³/mol. The molecule has 0 radical (unpaired) electrons. The van der Waals surface area contributed by atoms with E-state index in [1.165, 1.54) is 35.0 Å². The summed E-state index contributed by atoms with van der Waals surface area (Å²) < 4.78 is 1.21. The maximum atomic E-state index is 3.69. The quantitative estimate of drug-likeness (QED) is 0.886. The Morgan fingerprint density at radius 3 is 2.61 bits per heavy atom. The molecule has 3 heteroatoms. The SMILES string of the molecule is CC(C)NCc1ccc(N(C)C2CCC2)cc1Br. The van der Waals surface area contributed by atoms with Crippen LogP contribution in [0.1, 0.15) is 38.7 Å². The van der Waals surface area contributed by atoms with E-state index >= 15 is 0 Å². The topological polar surface area (TPSA) is 15.3 Å². The maximum absolute atomic E-state index is 3.69. The van der Waals surface area contributed by atoms with E-state index in [1.807, 2.05) is 0 Å². The molecule has 2 rings (SSSR count). The zero-order valence-corrected chi connectivity index (χ0v) is 13.1. The lowest BCUT2D eigenvalue weighted by molar-refractivity contribution is 0.401. The number of rotatable bonds is 5. The van der Waals surface area contributed by atoms with Gasteiger partial charge in [0, 0.05) is 35.8 Å². The summed E-state index contributed by atoms with van der Waals surface area (Å²) in [5, 5.41) is 3.45. The van der Waals surface area contributed by atoms with Gasteiger partial charge in [0.25, 0.3) is 0 Å². The van der Waals surface area contributed by atoms with Crippen molar-refractivity contribution in [1.82, 2.24) is 5.32 Å². The van der Waals surface area contributed by atoms with Crippen LogP contribution in [0.2, 0.25) is 0 Å². The molecule has 1 N–H and O–H groups in total. The van der Waals surface area contributed by atoms with Crippen molar-refractivity contribution in [3.63, 3.8) is 0 Å². The van der Waals surface area contributed by atoms with Crippen molar-refractivity contribution in [2.24, 2.45) is 0 Å². The van der Waals surface area contributed by atoms with Gasteiger partial charge in [-0.2, -0.15) is 0 Å². The molecule has 0 spiro atoms. The van der Waals surface area contributed by atoms with Crippen LogP contribution in [0.3, 0.4) is 0 Å². The van der Waals surface area contributed by atoms with Crippen molar-refractivity contribution in [3.05, 3.63) is 28.2 Å². The number of halogens is 1. The molecule has 0 unspecified atom stereocenters. The predicted octanol–water partition coefficient (Wildman–Crippen LogP) is 3.94. The van der Waals surface area contributed by atoms with E-state index in [0.717, 1.165) is 12.6 Å². The first-order valence-corrected chi connectivity index (χ1v) is 7.62. The lowest BCUT2D eigenvalue weighted by Crippen LogP contribution is -2.37. The van der Waals surface area contributed by atoms with Crippen molar-refractivity contribution in [3.8, 4) is 0 Å². The van der Waals surface area contributed by atoms with Crippen molar-refractivity contribution in [2.45, 2.75) is 51.7 Å². The number of hydrogen-bond donors (Lipinski definition) is 1. The van der Waals surface area contributed by atoms with Crippen LogP contribution in [0.4, 0.5) is 5.69 Å². The molecule has 2 nitrogen and oxygen atoms in total. The molecule has 1 fully saturated rings. The molecule has 0 heterocycles. The van der Waals surface area contributed by atoms with E-state index < -0.39 is 0 Å². The number of hydrogen-bond acceptors (Lipinski definition) is 2. The first-order chi connectivity index (χ1) is 8.58. The van der Waals surface area contributed by atoms with E-state index in [9.17, 15) is 0 Å². The fourth-order valence-corrected chi connectivity index (χ4v) is 2.70. The summed E-state index contributed by atoms with van der Waals surface area (Å²) in [4.78, 5) is 2.41. The second kappa shape index (κ2) is 6.07. The molecular weight excluding hydrogens is 288 g/mol. The van der Waals surface area contributed by atoms with Gasteiger partial charge in [-0.15, -0.1) is 0 Å². The molecule has 1 aromatic carbocycles. The Morgan fingerprint density at radius 2 is 2.11 bits per heavy atom. The molecule has 0 atom stereocenters. The van der Waals surface area contributed by atoms with Gasteiger partial charge in [0.15, 0.2) is 0 Å². The van der Waals surface area contributed by atoms with Crippen LogP contribution in [0, 0.1) is 0 Å². The largest absolute Gasteiger partial charge is 0.372 e. The average molecular weight is 311 g/mol. The van der Waals surface area contributed by atoms with E-state index in [-0.39, 0.29) is 0 Å². The Kier molecular flexibility index (Phi) is 4.68. The van der Waals surface area contributed by atoms with Crippen LogP contribution in [0.25, 0.3) is 0 Å². The summed E-state index contributed by atoms with van der Waals surface area (Å²) in [5.41, 5.74) is 2.65. The first kappa shape index (κ1) is 13.9. The normalized spacial score (nSPS) is 15.8. The summed E-state index contributed by atoms with van der Waals surface area (Å²) in [6.07, 6.45) is 4.06. The fourth-order valence-electron chi connectivity index (χ4n) is 2.20. The minimum atomic E-state index is 0.522. The van der Waals surface area contributed by atoms with Crippen LogP contribution in [-0.2, 0) is 6.54 Å². The van der Waals surface area contributed by atoms with Crippen LogP contribution in [0.5, 0.6) is 0 Å². The third-order valence-electron chi connectivity index (χ3n) is 3.77. The molecule has 1 saturated carbocycles. The van der Waals surface area contributed by atoms with Gasteiger partial charge in [-0.05, 0) is 37.0 Å². The highest BCUT2D eigenvalue weighted by molar-refractivity contribution is 9.10. The third-order valence-corrected chi connectivity index (χ3v) is 4.51. The van der Waals surface area contributed by atoms with Gasteiger partial charge in [0.2, 0.25) is 0 Å². The lowest BCUT2D eigenvalue weighted by atomic mass is 9.91. The highest BCUT2D eigenvalue weighted by Gasteiger charge is 2.22. The summed E-state index contributed by atoms with van der Waals surface area (Å²) in [7, 11) is 2.21. The second-order valence-electron chi connectivity index (χ2n) is 5.51. The Bertz CT molecular complexity index is 399. The van der Waals surface area contributed by atoms with Crippen molar-refractivity contribution in [1.29, 1.82) is 0 Å². The van der Waals surface area contributed by atoms with Crippen LogP contribution < -0.4 is 10.2 Å². The minimum Gasteiger partial charge on any atom is -0.372 e. The Morgan fingerprint density at radius 1 is 1.39 bits per heavy atom. The number of nitrogens with zero attached hydrogens (tertiary/aromatic N) is 1. The van der Waals surface area contributed by atoms with Gasteiger partial charge < -0.3 is 10.2 Å². The van der Waals surface area contributed by atoms with Gasteiger partial charge in [0.05, 0.1) is 0 Å². The van der Waals surface area contributed by atoms with Crippen LogP contribution in [-0.4, -0.2) is 19.1 Å². The van der Waals surface area contributed by atoms with Crippen LogP contribution in [0.15, 0.2) is 22.7 Å². The molecule has 0 saturated heterocycles. The number of benzene rings is 1. The molecule has 18 heavy (non-hydrogen) atoms. The highest BCUT2D eigenvalue weighted by Crippen LogP contribution is 2.30. The van der Waals surface area contributed by atoms with Gasteiger partial charge in [-0.1, -0.05) is 35.8 Å². The monoisotopic (exact) mass is 310 g/mol. The second-order valence-corrected chi connectivity index (χ2v) is 6.36. The molecule has 0 bridgehead atoms. The molecule has 1 aliphatic rings. The molecule has 0 aromatic heterocycles. The zero-order valence-electron chi connectivity index (χ0n) is 11.5. The van der Waals surface area contributed by atoms with Crippen molar-refractivity contribution < 1.29 is 0 Å². The lowest BCUT2D eigenvalue weighted by Gasteiger charge is -2.36. The average Bonchev–Trinajstić information content (AvgIpc) is 2.24. The van der Waals surface area contributed by atoms with E-state index in [4.69, 9.17) is 0 Å². The molecule has 0 amide bonds. The molecule has 100 valence electrons. The van der Waals surface area contributed by atoms with E-state index in [2.05, 4.69) is 65.2 Å². The van der Waals surface area contributed by atoms with Gasteiger partial charge in [0.1, 0.15) is 0 Å². The smallest absolute Gasteiger partial charge is 0.0377 e. The molecule has 1 aromatic rings. The number of anilines is 1. The minimum absolute atomic E-state index is 0.522. The van der Waals surface area contributed by atoms with Gasteiger partial charge in [-0.25, -0.2) is 0 Å². The number of nitrogens with one attached hydrogen (secondary N) is 1. The molecule has 0 aliphatic heterocycles. The summed E-state index contributed by atoms with van der Waals surface area (Å²) in [6.45, 7) is 5.27. The zero-order chi connectivity index (χ0) is 13.1. The Hall–Kier alpha value is -0.540. The van der Waals surface area contributed by atoms with Crippen molar-refractivity contribution in [2.75, 3.05) is 11.9 Å². The van der Waals surface area contributed by atoms with Gasteiger partial charge in [-0.3, -0.25) is 0 Å². The third kappa shape index (κ3) is 3.27. The van der Waals surface area contributed by atoms with E-state index in [1.54, 1.807) is 0 Å².